The van der Waals surface area contributed by atoms with E-state index >= 15 is 0 Å². The maximum atomic E-state index is 11.5. The Balaban J connectivity index is 1.44. The van der Waals surface area contributed by atoms with Gasteiger partial charge in [0.05, 0.1) is 25.8 Å². The molecule has 0 aliphatic carbocycles. The van der Waals surface area contributed by atoms with Gasteiger partial charge in [0, 0.05) is 49.5 Å². The van der Waals surface area contributed by atoms with Crippen LogP contribution in [0.15, 0.2) is 36.5 Å². The molecule has 0 aromatic carbocycles. The van der Waals surface area contributed by atoms with Gasteiger partial charge in [0.15, 0.2) is 0 Å². The molecule has 4 rings (SSSR count). The monoisotopic (exact) mass is 479 g/mol. The Hall–Kier alpha value is -3.62. The Morgan fingerprint density at radius 2 is 2.14 bits per heavy atom. The van der Waals surface area contributed by atoms with Crippen LogP contribution in [0.5, 0.6) is 11.8 Å². The van der Waals surface area contributed by atoms with Gasteiger partial charge < -0.3 is 19.9 Å². The van der Waals surface area contributed by atoms with Crippen LogP contribution in [0.2, 0.25) is 0 Å². The lowest BCUT2D eigenvalue weighted by atomic mass is 9.92. The van der Waals surface area contributed by atoms with Crippen molar-refractivity contribution in [2.75, 3.05) is 25.6 Å². The van der Waals surface area contributed by atoms with Crippen molar-refractivity contribution in [3.63, 3.8) is 0 Å². The second-order valence-corrected chi connectivity index (χ2v) is 8.77. The highest BCUT2D eigenvalue weighted by molar-refractivity contribution is 5.68. The molecular weight excluding hydrogens is 446 g/mol. The van der Waals surface area contributed by atoms with Gasteiger partial charge in [-0.05, 0) is 42.9 Å². The molecule has 0 spiro atoms. The van der Waals surface area contributed by atoms with Gasteiger partial charge in [-0.1, -0.05) is 19.1 Å². The number of carboxylic acids is 1. The Bertz CT molecular complexity index is 1130. The Kier molecular flexibility index (Phi) is 8.18. The SMILES string of the molecule is CCCn1nc(CC(CC(=O)O)c2ccc(OC)nc2)cc1OCCc1ccc2c(n1)NCCC2. The highest BCUT2D eigenvalue weighted by Gasteiger charge is 2.20. The largest absolute Gasteiger partial charge is 0.481 e. The number of carbonyl (C=O) groups is 1. The van der Waals surface area contributed by atoms with Crippen molar-refractivity contribution in [1.82, 2.24) is 19.7 Å². The summed E-state index contributed by atoms with van der Waals surface area (Å²) < 4.78 is 13.1. The van der Waals surface area contributed by atoms with Gasteiger partial charge in [0.25, 0.3) is 0 Å². The van der Waals surface area contributed by atoms with Crippen LogP contribution in [-0.2, 0) is 30.6 Å². The van der Waals surface area contributed by atoms with Crippen molar-refractivity contribution in [2.24, 2.45) is 0 Å². The summed E-state index contributed by atoms with van der Waals surface area (Å²) >= 11 is 0. The van der Waals surface area contributed by atoms with E-state index in [0.717, 1.165) is 55.1 Å². The number of hydrogen-bond donors (Lipinski definition) is 2. The molecule has 1 aliphatic heterocycles. The number of hydrogen-bond acceptors (Lipinski definition) is 7. The Labute approximate surface area is 205 Å². The summed E-state index contributed by atoms with van der Waals surface area (Å²) in [5.41, 5.74) is 3.91. The number of ether oxygens (including phenoxy) is 2. The molecule has 3 aromatic heterocycles. The van der Waals surface area contributed by atoms with Crippen LogP contribution in [0, 0.1) is 0 Å². The van der Waals surface area contributed by atoms with Gasteiger partial charge in [-0.3, -0.25) is 4.79 Å². The summed E-state index contributed by atoms with van der Waals surface area (Å²) in [5.74, 6) is 1.07. The first-order valence-electron chi connectivity index (χ1n) is 12.2. The summed E-state index contributed by atoms with van der Waals surface area (Å²) in [5, 5.41) is 17.6. The van der Waals surface area contributed by atoms with Gasteiger partial charge >= 0.3 is 5.97 Å². The smallest absolute Gasteiger partial charge is 0.303 e. The number of nitrogens with zero attached hydrogens (tertiary/aromatic N) is 4. The molecule has 1 unspecified atom stereocenters. The molecule has 0 bridgehead atoms. The van der Waals surface area contributed by atoms with Crippen LogP contribution in [0.4, 0.5) is 5.82 Å². The summed E-state index contributed by atoms with van der Waals surface area (Å²) in [6, 6.07) is 9.76. The molecule has 9 nitrogen and oxygen atoms in total. The number of carboxylic acid groups (broad SMARTS) is 1. The second-order valence-electron chi connectivity index (χ2n) is 8.77. The van der Waals surface area contributed by atoms with Gasteiger partial charge in [-0.15, -0.1) is 0 Å². The molecule has 0 saturated carbocycles. The molecule has 35 heavy (non-hydrogen) atoms. The second kappa shape index (κ2) is 11.7. The Morgan fingerprint density at radius 3 is 2.89 bits per heavy atom. The van der Waals surface area contributed by atoms with Crippen molar-refractivity contribution in [1.29, 1.82) is 0 Å². The zero-order valence-corrected chi connectivity index (χ0v) is 20.4. The van der Waals surface area contributed by atoms with E-state index in [-0.39, 0.29) is 12.3 Å². The molecule has 9 heteroatoms. The van der Waals surface area contributed by atoms with Crippen LogP contribution < -0.4 is 14.8 Å². The number of aromatic nitrogens is 4. The quantitative estimate of drug-likeness (QED) is 0.403. The van der Waals surface area contributed by atoms with E-state index in [0.29, 0.717) is 31.2 Å². The lowest BCUT2D eigenvalue weighted by Gasteiger charge is -2.17. The number of methoxy groups -OCH3 is 1. The van der Waals surface area contributed by atoms with Gasteiger partial charge in [-0.2, -0.15) is 5.10 Å². The molecule has 4 heterocycles. The maximum Gasteiger partial charge on any atom is 0.303 e. The van der Waals surface area contributed by atoms with Crippen molar-refractivity contribution in [2.45, 2.75) is 57.9 Å². The summed E-state index contributed by atoms with van der Waals surface area (Å²) in [4.78, 5) is 20.5. The summed E-state index contributed by atoms with van der Waals surface area (Å²) in [6.45, 7) is 4.27. The fraction of sp³-hybridized carbons (Fsp3) is 0.462. The molecule has 3 aromatic rings. The fourth-order valence-corrected chi connectivity index (χ4v) is 4.33. The van der Waals surface area contributed by atoms with E-state index in [2.05, 4.69) is 29.4 Å². The van der Waals surface area contributed by atoms with Crippen molar-refractivity contribution < 1.29 is 19.4 Å². The van der Waals surface area contributed by atoms with Gasteiger partial charge in [0.2, 0.25) is 11.8 Å². The minimum absolute atomic E-state index is 0.0110. The van der Waals surface area contributed by atoms with Crippen molar-refractivity contribution >= 4 is 11.8 Å². The van der Waals surface area contributed by atoms with Crippen molar-refractivity contribution in [3.05, 3.63) is 59.0 Å². The maximum absolute atomic E-state index is 11.5. The number of nitrogens with one attached hydrogen (secondary N) is 1. The van der Waals surface area contributed by atoms with Gasteiger partial charge in [0.1, 0.15) is 5.82 Å². The van der Waals surface area contributed by atoms with Crippen LogP contribution in [0.25, 0.3) is 0 Å². The number of fused-ring (bicyclic) bond motifs is 1. The lowest BCUT2D eigenvalue weighted by molar-refractivity contribution is -0.137. The van der Waals surface area contributed by atoms with E-state index in [9.17, 15) is 9.90 Å². The number of aryl methyl sites for hydroxylation is 2. The third-order valence-corrected chi connectivity index (χ3v) is 6.11. The number of rotatable bonds is 12. The highest BCUT2D eigenvalue weighted by atomic mass is 16.5. The van der Waals surface area contributed by atoms with Crippen LogP contribution in [0.1, 0.15) is 54.6 Å². The van der Waals surface area contributed by atoms with Crippen LogP contribution in [-0.4, -0.2) is 51.1 Å². The molecule has 0 radical (unpaired) electrons. The molecule has 2 N–H and O–H groups in total. The zero-order chi connectivity index (χ0) is 24.6. The van der Waals surface area contributed by atoms with Crippen LogP contribution >= 0.6 is 0 Å². The van der Waals surface area contributed by atoms with E-state index in [4.69, 9.17) is 19.6 Å². The molecule has 0 saturated heterocycles. The molecule has 186 valence electrons. The number of aliphatic carboxylic acids is 1. The first-order valence-corrected chi connectivity index (χ1v) is 12.2. The first-order chi connectivity index (χ1) is 17.1. The predicted octanol–water partition coefficient (Wildman–Crippen LogP) is 3.87. The molecular formula is C26H33N5O4. The number of anilines is 1. The third-order valence-electron chi connectivity index (χ3n) is 6.11. The fourth-order valence-electron chi connectivity index (χ4n) is 4.33. The highest BCUT2D eigenvalue weighted by Crippen LogP contribution is 2.27. The molecule has 1 atom stereocenters. The van der Waals surface area contributed by atoms with E-state index < -0.39 is 5.97 Å². The zero-order valence-electron chi connectivity index (χ0n) is 20.4. The Morgan fingerprint density at radius 1 is 1.26 bits per heavy atom. The average molecular weight is 480 g/mol. The van der Waals surface area contributed by atoms with Gasteiger partial charge in [-0.25, -0.2) is 14.6 Å². The minimum Gasteiger partial charge on any atom is -0.481 e. The minimum atomic E-state index is -0.859. The third kappa shape index (κ3) is 6.49. The molecule has 0 fully saturated rings. The summed E-state index contributed by atoms with van der Waals surface area (Å²) in [6.07, 6.45) is 5.96. The standard InChI is InChI=1S/C26H33N5O4/c1-3-12-31-24(35-13-10-21-8-6-18-5-4-11-27-26(18)29-21)16-22(30-31)14-20(15-25(32)33)19-7-9-23(34-2)28-17-19/h6-9,16-17,20H,3-5,10-15H2,1-2H3,(H,27,29)(H,32,33). The predicted molar refractivity (Wildman–Crippen MR) is 132 cm³/mol. The number of pyridine rings is 2. The normalized spacial score (nSPS) is 13.5. The van der Waals surface area contributed by atoms with E-state index in [1.165, 1.54) is 5.56 Å². The van der Waals surface area contributed by atoms with E-state index in [1.807, 2.05) is 16.8 Å². The molecule has 0 amide bonds. The average Bonchev–Trinajstić information content (AvgIpc) is 3.24. The topological polar surface area (TPSA) is 111 Å². The molecule has 1 aliphatic rings. The van der Waals surface area contributed by atoms with Crippen molar-refractivity contribution in [3.8, 4) is 11.8 Å². The summed E-state index contributed by atoms with van der Waals surface area (Å²) in [7, 11) is 1.55. The van der Waals surface area contributed by atoms with Crippen LogP contribution in [0.3, 0.4) is 0 Å². The van der Waals surface area contributed by atoms with E-state index in [1.54, 1.807) is 19.4 Å². The first kappa shape index (κ1) is 24.5. The lowest BCUT2D eigenvalue weighted by Crippen LogP contribution is -2.15.